The van der Waals surface area contributed by atoms with E-state index in [4.69, 9.17) is 4.74 Å². The fourth-order valence-corrected chi connectivity index (χ4v) is 3.95. The van der Waals surface area contributed by atoms with Crippen LogP contribution in [0, 0.1) is 18.6 Å². The summed E-state index contributed by atoms with van der Waals surface area (Å²) < 4.78 is 33.9. The SMILES string of the molecule is Cc1ccc(-c2cc(C(=O)NC(C)CN3CCOCC3)cc(-c3cccc(F)c3F)c2)nc1. The molecule has 7 heteroatoms. The van der Waals surface area contributed by atoms with Crippen molar-refractivity contribution >= 4 is 5.91 Å². The lowest BCUT2D eigenvalue weighted by atomic mass is 9.97. The van der Waals surface area contributed by atoms with Crippen LogP contribution in [-0.4, -0.2) is 54.7 Å². The van der Waals surface area contributed by atoms with Gasteiger partial charge in [-0.05, 0) is 55.3 Å². The predicted molar refractivity (Wildman–Crippen MR) is 124 cm³/mol. The second-order valence-electron chi connectivity index (χ2n) is 8.41. The summed E-state index contributed by atoms with van der Waals surface area (Å²) in [7, 11) is 0. The number of halogens is 2. The van der Waals surface area contributed by atoms with Gasteiger partial charge in [-0.1, -0.05) is 18.2 Å². The molecule has 33 heavy (non-hydrogen) atoms. The molecule has 2 heterocycles. The van der Waals surface area contributed by atoms with Crippen LogP contribution in [0.4, 0.5) is 8.78 Å². The van der Waals surface area contributed by atoms with Gasteiger partial charge in [-0.2, -0.15) is 0 Å². The van der Waals surface area contributed by atoms with Gasteiger partial charge in [0.05, 0.1) is 18.9 Å². The molecule has 0 aliphatic carbocycles. The maximum absolute atomic E-state index is 14.6. The smallest absolute Gasteiger partial charge is 0.251 e. The molecule has 1 aromatic heterocycles. The summed E-state index contributed by atoms with van der Waals surface area (Å²) in [6.07, 6.45) is 1.73. The summed E-state index contributed by atoms with van der Waals surface area (Å²) in [5, 5.41) is 3.03. The Kier molecular flexibility index (Phi) is 7.11. The van der Waals surface area contributed by atoms with Crippen LogP contribution in [0.25, 0.3) is 22.4 Å². The first kappa shape index (κ1) is 23.0. The molecular weight excluding hydrogens is 424 g/mol. The number of morpholine rings is 1. The Morgan fingerprint density at radius 3 is 2.61 bits per heavy atom. The van der Waals surface area contributed by atoms with Crippen LogP contribution in [0.5, 0.6) is 0 Å². The van der Waals surface area contributed by atoms with Crippen molar-refractivity contribution < 1.29 is 18.3 Å². The number of pyridine rings is 1. The highest BCUT2D eigenvalue weighted by molar-refractivity contribution is 5.97. The average molecular weight is 452 g/mol. The highest BCUT2D eigenvalue weighted by Gasteiger charge is 2.19. The van der Waals surface area contributed by atoms with E-state index in [0.29, 0.717) is 42.1 Å². The molecule has 2 aromatic carbocycles. The third-order valence-electron chi connectivity index (χ3n) is 5.68. The van der Waals surface area contributed by atoms with Crippen molar-refractivity contribution in [3.63, 3.8) is 0 Å². The van der Waals surface area contributed by atoms with Crippen molar-refractivity contribution in [1.82, 2.24) is 15.2 Å². The number of hydrogen-bond donors (Lipinski definition) is 1. The van der Waals surface area contributed by atoms with Crippen LogP contribution >= 0.6 is 0 Å². The van der Waals surface area contributed by atoms with Gasteiger partial charge in [-0.25, -0.2) is 8.78 Å². The van der Waals surface area contributed by atoms with E-state index in [9.17, 15) is 13.6 Å². The Morgan fingerprint density at radius 2 is 1.88 bits per heavy atom. The molecule has 1 fully saturated rings. The number of carbonyl (C=O) groups excluding carboxylic acids is 1. The van der Waals surface area contributed by atoms with E-state index in [1.807, 2.05) is 26.0 Å². The molecule has 1 atom stereocenters. The summed E-state index contributed by atoms with van der Waals surface area (Å²) in [6.45, 7) is 7.63. The fraction of sp³-hybridized carbons (Fsp3) is 0.308. The quantitative estimate of drug-likeness (QED) is 0.602. The maximum atomic E-state index is 14.6. The molecule has 3 aromatic rings. The first-order valence-electron chi connectivity index (χ1n) is 11.0. The van der Waals surface area contributed by atoms with Crippen LogP contribution in [0.15, 0.2) is 54.7 Å². The number of carbonyl (C=O) groups is 1. The summed E-state index contributed by atoms with van der Waals surface area (Å²) in [6, 6.07) is 12.8. The minimum absolute atomic E-state index is 0.0916. The Morgan fingerprint density at radius 1 is 1.12 bits per heavy atom. The molecule has 0 saturated carbocycles. The number of nitrogens with one attached hydrogen (secondary N) is 1. The van der Waals surface area contributed by atoms with Gasteiger partial charge in [0.15, 0.2) is 11.6 Å². The number of amides is 1. The highest BCUT2D eigenvalue weighted by atomic mass is 19.2. The van der Waals surface area contributed by atoms with Gasteiger partial charge in [0, 0.05) is 48.6 Å². The van der Waals surface area contributed by atoms with Crippen LogP contribution in [-0.2, 0) is 4.74 Å². The van der Waals surface area contributed by atoms with Crippen molar-refractivity contribution in [2.75, 3.05) is 32.8 Å². The summed E-state index contributed by atoms with van der Waals surface area (Å²) >= 11 is 0. The predicted octanol–water partition coefficient (Wildman–Crippen LogP) is 4.45. The zero-order valence-corrected chi connectivity index (χ0v) is 18.8. The van der Waals surface area contributed by atoms with Crippen LogP contribution < -0.4 is 5.32 Å². The molecule has 172 valence electrons. The molecule has 0 radical (unpaired) electrons. The normalized spacial score (nSPS) is 15.3. The molecule has 0 spiro atoms. The fourth-order valence-electron chi connectivity index (χ4n) is 3.95. The van der Waals surface area contributed by atoms with E-state index in [0.717, 1.165) is 24.7 Å². The Hall–Kier alpha value is -3.16. The number of aryl methyl sites for hydroxylation is 1. The number of rotatable bonds is 6. The molecule has 0 bridgehead atoms. The van der Waals surface area contributed by atoms with Gasteiger partial charge in [0.2, 0.25) is 0 Å². The summed E-state index contributed by atoms with van der Waals surface area (Å²) in [5.41, 5.74) is 3.18. The zero-order chi connectivity index (χ0) is 23.4. The second-order valence-corrected chi connectivity index (χ2v) is 8.41. The minimum atomic E-state index is -0.946. The number of nitrogens with zero attached hydrogens (tertiary/aromatic N) is 2. The first-order valence-corrected chi connectivity index (χ1v) is 11.0. The molecule has 1 saturated heterocycles. The number of ether oxygens (including phenoxy) is 1. The standard InChI is InChI=1S/C26H27F2N3O2/c1-17-6-7-24(29-15-17)20-12-19(22-4-3-5-23(27)25(22)28)13-21(14-20)26(32)30-18(2)16-31-8-10-33-11-9-31/h3-7,12-15,18H,8-11,16H2,1-2H3,(H,30,32). The lowest BCUT2D eigenvalue weighted by Gasteiger charge is -2.29. The first-order chi connectivity index (χ1) is 15.9. The van der Waals surface area contributed by atoms with Crippen molar-refractivity contribution in [1.29, 1.82) is 0 Å². The van der Waals surface area contributed by atoms with E-state index in [1.165, 1.54) is 12.1 Å². The van der Waals surface area contributed by atoms with Crippen LogP contribution in [0.3, 0.4) is 0 Å². The molecule has 4 rings (SSSR count). The van der Waals surface area contributed by atoms with Crippen LogP contribution in [0.1, 0.15) is 22.8 Å². The third-order valence-corrected chi connectivity index (χ3v) is 5.68. The van der Waals surface area contributed by atoms with Gasteiger partial charge < -0.3 is 10.1 Å². The lowest BCUT2D eigenvalue weighted by Crippen LogP contribution is -2.46. The van der Waals surface area contributed by atoms with Crippen LogP contribution in [0.2, 0.25) is 0 Å². The van der Waals surface area contributed by atoms with Crippen molar-refractivity contribution in [3.8, 4) is 22.4 Å². The van der Waals surface area contributed by atoms with E-state index < -0.39 is 11.6 Å². The summed E-state index contributed by atoms with van der Waals surface area (Å²) in [5.74, 6) is -2.15. The van der Waals surface area contributed by atoms with E-state index >= 15 is 0 Å². The van der Waals surface area contributed by atoms with E-state index in [-0.39, 0.29) is 17.5 Å². The van der Waals surface area contributed by atoms with Gasteiger partial charge in [0.1, 0.15) is 0 Å². The van der Waals surface area contributed by atoms with Gasteiger partial charge in [-0.15, -0.1) is 0 Å². The maximum Gasteiger partial charge on any atom is 0.251 e. The highest BCUT2D eigenvalue weighted by Crippen LogP contribution is 2.30. The monoisotopic (exact) mass is 451 g/mol. The molecule has 1 N–H and O–H groups in total. The Labute approximate surface area is 192 Å². The van der Waals surface area contributed by atoms with E-state index in [2.05, 4.69) is 15.2 Å². The lowest BCUT2D eigenvalue weighted by molar-refractivity contribution is 0.0342. The van der Waals surface area contributed by atoms with Crippen molar-refractivity contribution in [3.05, 3.63) is 77.5 Å². The summed E-state index contributed by atoms with van der Waals surface area (Å²) in [4.78, 5) is 19.8. The Balaban J connectivity index is 1.65. The minimum Gasteiger partial charge on any atom is -0.379 e. The second kappa shape index (κ2) is 10.2. The van der Waals surface area contributed by atoms with Crippen molar-refractivity contribution in [2.45, 2.75) is 19.9 Å². The number of hydrogen-bond acceptors (Lipinski definition) is 4. The molecule has 5 nitrogen and oxygen atoms in total. The largest absolute Gasteiger partial charge is 0.379 e. The number of aromatic nitrogens is 1. The molecule has 1 unspecified atom stereocenters. The number of benzene rings is 2. The van der Waals surface area contributed by atoms with Gasteiger partial charge in [-0.3, -0.25) is 14.7 Å². The van der Waals surface area contributed by atoms with Gasteiger partial charge in [0.25, 0.3) is 5.91 Å². The average Bonchev–Trinajstić information content (AvgIpc) is 2.81. The van der Waals surface area contributed by atoms with E-state index in [1.54, 1.807) is 24.4 Å². The Bertz CT molecular complexity index is 1130. The zero-order valence-electron chi connectivity index (χ0n) is 18.8. The van der Waals surface area contributed by atoms with Gasteiger partial charge >= 0.3 is 0 Å². The third kappa shape index (κ3) is 5.61. The topological polar surface area (TPSA) is 54.5 Å². The van der Waals surface area contributed by atoms with Crippen molar-refractivity contribution in [2.24, 2.45) is 0 Å². The molecular formula is C26H27F2N3O2. The molecule has 1 aliphatic heterocycles. The molecule has 1 aliphatic rings. The molecule has 1 amide bonds.